The molecule has 1 saturated carbocycles. The minimum atomic E-state index is -1.33. The first-order chi connectivity index (χ1) is 13.4. The topological polar surface area (TPSA) is 114 Å². The van der Waals surface area contributed by atoms with Gasteiger partial charge in [0.05, 0.1) is 7.11 Å². The number of benzene rings is 2. The Kier molecular flexibility index (Phi) is 5.49. The fourth-order valence-electron chi connectivity index (χ4n) is 2.67. The van der Waals surface area contributed by atoms with Crippen molar-refractivity contribution in [2.24, 2.45) is 5.41 Å². The first-order valence-corrected chi connectivity index (χ1v) is 8.65. The minimum absolute atomic E-state index is 0.223. The fraction of sp³-hybridized carbons (Fsp3) is 0.250. The van der Waals surface area contributed by atoms with Crippen LogP contribution in [-0.4, -0.2) is 36.6 Å². The molecule has 0 spiro atoms. The third-order valence-corrected chi connectivity index (χ3v) is 4.43. The Labute approximate surface area is 161 Å². The van der Waals surface area contributed by atoms with Crippen LogP contribution < -0.4 is 20.1 Å². The summed E-state index contributed by atoms with van der Waals surface area (Å²) in [6.07, 6.45) is 0.649. The number of carbonyl (C=O) groups is 3. The van der Waals surface area contributed by atoms with Crippen LogP contribution in [-0.2, 0) is 14.4 Å². The lowest BCUT2D eigenvalue weighted by atomic mass is 10.1. The Bertz CT molecular complexity index is 907. The van der Waals surface area contributed by atoms with Gasteiger partial charge in [0.1, 0.15) is 5.41 Å². The zero-order valence-corrected chi connectivity index (χ0v) is 15.2. The summed E-state index contributed by atoms with van der Waals surface area (Å²) in [5.41, 5.74) is -0.477. The highest BCUT2D eigenvalue weighted by Gasteiger charge is 2.57. The summed E-state index contributed by atoms with van der Waals surface area (Å²) in [7, 11) is 1.51. The van der Waals surface area contributed by atoms with Crippen molar-refractivity contribution in [1.82, 2.24) is 0 Å². The van der Waals surface area contributed by atoms with Crippen LogP contribution in [0.2, 0.25) is 0 Å². The molecule has 0 unspecified atom stereocenters. The van der Waals surface area contributed by atoms with Crippen LogP contribution in [0, 0.1) is 5.41 Å². The molecule has 3 rings (SSSR count). The molecule has 8 heteroatoms. The van der Waals surface area contributed by atoms with Gasteiger partial charge in [-0.3, -0.25) is 14.4 Å². The maximum absolute atomic E-state index is 12.2. The Balaban J connectivity index is 1.57. The normalized spacial score (nSPS) is 13.9. The molecule has 0 heterocycles. The molecule has 0 radical (unpaired) electrons. The Morgan fingerprint density at radius 2 is 1.64 bits per heavy atom. The molecular formula is C20H20N2O6. The lowest BCUT2D eigenvalue weighted by Gasteiger charge is -2.13. The molecule has 0 bridgehead atoms. The summed E-state index contributed by atoms with van der Waals surface area (Å²) in [6, 6.07) is 13.5. The highest BCUT2D eigenvalue weighted by molar-refractivity contribution is 6.11. The van der Waals surface area contributed by atoms with E-state index < -0.39 is 23.2 Å². The Hall–Kier alpha value is -3.55. The van der Waals surface area contributed by atoms with Crippen LogP contribution in [0.25, 0.3) is 0 Å². The van der Waals surface area contributed by atoms with Crippen LogP contribution >= 0.6 is 0 Å². The molecule has 2 aromatic carbocycles. The summed E-state index contributed by atoms with van der Waals surface area (Å²) >= 11 is 0. The van der Waals surface area contributed by atoms with E-state index in [1.165, 1.54) is 7.11 Å². The number of carbonyl (C=O) groups excluding carboxylic acids is 2. The van der Waals surface area contributed by atoms with Crippen molar-refractivity contribution in [2.75, 3.05) is 24.4 Å². The van der Waals surface area contributed by atoms with Crippen LogP contribution in [0.3, 0.4) is 0 Å². The summed E-state index contributed by atoms with van der Waals surface area (Å²) in [5, 5.41) is 14.4. The predicted molar refractivity (Wildman–Crippen MR) is 101 cm³/mol. The van der Waals surface area contributed by atoms with Gasteiger partial charge >= 0.3 is 5.97 Å². The number of methoxy groups -OCH3 is 1. The SMILES string of the molecule is COc1ccccc1OCC(=O)Nc1cccc(NC(=O)C2(C(=O)O)CC2)c1. The van der Waals surface area contributed by atoms with E-state index in [1.54, 1.807) is 48.5 Å². The zero-order chi connectivity index (χ0) is 20.1. The first kappa shape index (κ1) is 19.2. The summed E-state index contributed by atoms with van der Waals surface area (Å²) < 4.78 is 10.6. The van der Waals surface area contributed by atoms with Crippen molar-refractivity contribution < 1.29 is 29.0 Å². The van der Waals surface area contributed by atoms with Gasteiger partial charge in [-0.2, -0.15) is 0 Å². The van der Waals surface area contributed by atoms with Gasteiger partial charge in [0, 0.05) is 11.4 Å². The maximum atomic E-state index is 12.2. The standard InChI is InChI=1S/C20H20N2O6/c1-27-15-7-2-3-8-16(15)28-12-17(23)21-13-5-4-6-14(11-13)22-18(24)20(9-10-20)19(25)26/h2-8,11H,9-10,12H2,1H3,(H,21,23)(H,22,24)(H,25,26). The number of rotatable bonds is 8. The number of hydrogen-bond donors (Lipinski definition) is 3. The molecule has 0 aromatic heterocycles. The molecular weight excluding hydrogens is 364 g/mol. The smallest absolute Gasteiger partial charge is 0.319 e. The highest BCUT2D eigenvalue weighted by atomic mass is 16.5. The molecule has 2 aromatic rings. The number of nitrogens with one attached hydrogen (secondary N) is 2. The second-order valence-corrected chi connectivity index (χ2v) is 6.41. The van der Waals surface area contributed by atoms with Gasteiger partial charge in [0.2, 0.25) is 5.91 Å². The van der Waals surface area contributed by atoms with Crippen LogP contribution in [0.4, 0.5) is 11.4 Å². The molecule has 1 fully saturated rings. The lowest BCUT2D eigenvalue weighted by molar-refractivity contribution is -0.147. The molecule has 8 nitrogen and oxygen atoms in total. The van der Waals surface area contributed by atoms with E-state index in [0.717, 1.165) is 0 Å². The molecule has 0 atom stereocenters. The number of ether oxygens (including phenoxy) is 2. The average Bonchev–Trinajstić information content (AvgIpc) is 3.49. The van der Waals surface area contributed by atoms with Crippen molar-refractivity contribution in [3.63, 3.8) is 0 Å². The molecule has 2 amide bonds. The Morgan fingerprint density at radius 3 is 2.25 bits per heavy atom. The summed E-state index contributed by atoms with van der Waals surface area (Å²) in [4.78, 5) is 35.5. The molecule has 146 valence electrons. The average molecular weight is 384 g/mol. The number of amides is 2. The van der Waals surface area contributed by atoms with Gasteiger partial charge < -0.3 is 25.2 Å². The molecule has 28 heavy (non-hydrogen) atoms. The van der Waals surface area contributed by atoms with E-state index in [2.05, 4.69) is 10.6 Å². The van der Waals surface area contributed by atoms with Crippen molar-refractivity contribution in [3.8, 4) is 11.5 Å². The van der Waals surface area contributed by atoms with Gasteiger partial charge in [-0.05, 0) is 43.2 Å². The van der Waals surface area contributed by atoms with Gasteiger partial charge in [0.15, 0.2) is 18.1 Å². The molecule has 1 aliphatic carbocycles. The van der Waals surface area contributed by atoms with Gasteiger partial charge in [-0.15, -0.1) is 0 Å². The van der Waals surface area contributed by atoms with Crippen molar-refractivity contribution >= 4 is 29.2 Å². The fourth-order valence-corrected chi connectivity index (χ4v) is 2.67. The van der Waals surface area contributed by atoms with E-state index in [1.807, 2.05) is 0 Å². The number of hydrogen-bond acceptors (Lipinski definition) is 5. The van der Waals surface area contributed by atoms with Crippen molar-refractivity contribution in [1.29, 1.82) is 0 Å². The van der Waals surface area contributed by atoms with Crippen LogP contribution in [0.1, 0.15) is 12.8 Å². The highest BCUT2D eigenvalue weighted by Crippen LogP contribution is 2.46. The third-order valence-electron chi connectivity index (χ3n) is 4.43. The molecule has 3 N–H and O–H groups in total. The Morgan fingerprint density at radius 1 is 1.00 bits per heavy atom. The van der Waals surface area contributed by atoms with Crippen molar-refractivity contribution in [2.45, 2.75) is 12.8 Å². The number of anilines is 2. The maximum Gasteiger partial charge on any atom is 0.319 e. The van der Waals surface area contributed by atoms with Crippen molar-refractivity contribution in [3.05, 3.63) is 48.5 Å². The van der Waals surface area contributed by atoms with E-state index in [4.69, 9.17) is 9.47 Å². The minimum Gasteiger partial charge on any atom is -0.493 e. The largest absolute Gasteiger partial charge is 0.493 e. The summed E-state index contributed by atoms with van der Waals surface area (Å²) in [5.74, 6) is -1.10. The van der Waals surface area contributed by atoms with Gasteiger partial charge in [-0.25, -0.2) is 0 Å². The zero-order valence-electron chi connectivity index (χ0n) is 15.2. The van der Waals surface area contributed by atoms with E-state index in [-0.39, 0.29) is 6.61 Å². The second kappa shape index (κ2) is 7.99. The molecule has 0 saturated heterocycles. The summed E-state index contributed by atoms with van der Waals surface area (Å²) in [6.45, 7) is -0.223. The van der Waals surface area contributed by atoms with E-state index >= 15 is 0 Å². The monoisotopic (exact) mass is 384 g/mol. The first-order valence-electron chi connectivity index (χ1n) is 8.65. The second-order valence-electron chi connectivity index (χ2n) is 6.41. The number of carboxylic acid groups (broad SMARTS) is 1. The third kappa shape index (κ3) is 4.22. The molecule has 0 aliphatic heterocycles. The van der Waals surface area contributed by atoms with Crippen LogP contribution in [0.15, 0.2) is 48.5 Å². The predicted octanol–water partition coefficient (Wildman–Crippen LogP) is 2.52. The van der Waals surface area contributed by atoms with Gasteiger partial charge in [-0.1, -0.05) is 18.2 Å². The number of aliphatic carboxylic acids is 1. The van der Waals surface area contributed by atoms with E-state index in [9.17, 15) is 19.5 Å². The van der Waals surface area contributed by atoms with Crippen LogP contribution in [0.5, 0.6) is 11.5 Å². The molecule has 1 aliphatic rings. The number of carboxylic acids is 1. The lowest BCUT2D eigenvalue weighted by Crippen LogP contribution is -2.31. The van der Waals surface area contributed by atoms with E-state index in [0.29, 0.717) is 35.7 Å². The quantitative estimate of drug-likeness (QED) is 0.603. The number of para-hydroxylation sites is 2. The van der Waals surface area contributed by atoms with Gasteiger partial charge in [0.25, 0.3) is 5.91 Å².